The third kappa shape index (κ3) is 3.45. The van der Waals surface area contributed by atoms with Crippen LogP contribution in [0.25, 0.3) is 0 Å². The van der Waals surface area contributed by atoms with E-state index >= 15 is 0 Å². The number of likely N-dealkylation sites (tertiary alicyclic amines) is 1. The first kappa shape index (κ1) is 14.7. The predicted molar refractivity (Wildman–Crippen MR) is 76.1 cm³/mol. The Balaban J connectivity index is 1.93. The fourth-order valence-corrected chi connectivity index (χ4v) is 3.07. The Morgan fingerprint density at radius 3 is 3.00 bits per heavy atom. The third-order valence-corrected chi connectivity index (χ3v) is 4.24. The molecule has 1 aromatic rings. The summed E-state index contributed by atoms with van der Waals surface area (Å²) in [6, 6.07) is 6.80. The van der Waals surface area contributed by atoms with E-state index in [1.165, 1.54) is 16.7 Å². The molecule has 1 aromatic carbocycles. The molecule has 1 saturated heterocycles. The van der Waals surface area contributed by atoms with E-state index in [0.717, 1.165) is 17.1 Å². The number of carboxylic acids is 1. The highest BCUT2D eigenvalue weighted by Gasteiger charge is 2.33. The van der Waals surface area contributed by atoms with Crippen LogP contribution in [-0.2, 0) is 9.59 Å². The lowest BCUT2D eigenvalue weighted by atomic mass is 10.2. The first-order chi connectivity index (χ1) is 9.61. The summed E-state index contributed by atoms with van der Waals surface area (Å²) in [5, 5.41) is 9.07. The van der Waals surface area contributed by atoms with Gasteiger partial charge in [-0.1, -0.05) is 6.07 Å². The SMILES string of the molecule is COc1cccc(SCC(=O)N2CCCC2C(=O)O)c1. The van der Waals surface area contributed by atoms with Crippen LogP contribution in [0.4, 0.5) is 0 Å². The molecule has 0 aromatic heterocycles. The lowest BCUT2D eigenvalue weighted by Gasteiger charge is -2.21. The van der Waals surface area contributed by atoms with Gasteiger partial charge < -0.3 is 14.7 Å². The summed E-state index contributed by atoms with van der Waals surface area (Å²) in [6.45, 7) is 0.536. The largest absolute Gasteiger partial charge is 0.497 e. The number of methoxy groups -OCH3 is 1. The second kappa shape index (κ2) is 6.65. The fraction of sp³-hybridized carbons (Fsp3) is 0.429. The van der Waals surface area contributed by atoms with E-state index in [-0.39, 0.29) is 11.7 Å². The molecule has 0 spiro atoms. The molecule has 5 nitrogen and oxygen atoms in total. The van der Waals surface area contributed by atoms with Gasteiger partial charge in [-0.25, -0.2) is 4.79 Å². The van der Waals surface area contributed by atoms with Gasteiger partial charge in [-0.15, -0.1) is 11.8 Å². The zero-order valence-corrected chi connectivity index (χ0v) is 12.1. The lowest BCUT2D eigenvalue weighted by molar-refractivity contribution is -0.147. The van der Waals surface area contributed by atoms with Gasteiger partial charge in [0.1, 0.15) is 11.8 Å². The highest BCUT2D eigenvalue weighted by atomic mass is 32.2. The maximum Gasteiger partial charge on any atom is 0.326 e. The van der Waals surface area contributed by atoms with Crippen molar-refractivity contribution in [2.45, 2.75) is 23.8 Å². The molecule has 0 saturated carbocycles. The van der Waals surface area contributed by atoms with Crippen LogP contribution in [0.15, 0.2) is 29.2 Å². The molecule has 6 heteroatoms. The van der Waals surface area contributed by atoms with E-state index in [4.69, 9.17) is 9.84 Å². The highest BCUT2D eigenvalue weighted by Crippen LogP contribution is 2.25. The van der Waals surface area contributed by atoms with Gasteiger partial charge in [0, 0.05) is 11.4 Å². The van der Waals surface area contributed by atoms with Gasteiger partial charge in [-0.2, -0.15) is 0 Å². The summed E-state index contributed by atoms with van der Waals surface area (Å²) in [4.78, 5) is 25.6. The van der Waals surface area contributed by atoms with E-state index < -0.39 is 12.0 Å². The molecule has 1 heterocycles. The molecular formula is C14H17NO4S. The standard InChI is InChI=1S/C14H17NO4S/c1-19-10-4-2-5-11(8-10)20-9-13(16)15-7-3-6-12(15)14(17)18/h2,4-5,8,12H,3,6-7,9H2,1H3,(H,17,18). The van der Waals surface area contributed by atoms with Crippen molar-refractivity contribution in [1.29, 1.82) is 0 Å². The highest BCUT2D eigenvalue weighted by molar-refractivity contribution is 8.00. The van der Waals surface area contributed by atoms with Gasteiger partial charge in [0.05, 0.1) is 12.9 Å². The molecule has 1 N–H and O–H groups in total. The number of carbonyl (C=O) groups excluding carboxylic acids is 1. The number of carboxylic acid groups (broad SMARTS) is 1. The Labute approximate surface area is 121 Å². The van der Waals surface area contributed by atoms with Gasteiger partial charge in [0.25, 0.3) is 0 Å². The fourth-order valence-electron chi connectivity index (χ4n) is 2.24. The molecule has 1 unspecified atom stereocenters. The van der Waals surface area contributed by atoms with E-state index in [1.807, 2.05) is 24.3 Å². The smallest absolute Gasteiger partial charge is 0.326 e. The van der Waals surface area contributed by atoms with E-state index in [0.29, 0.717) is 13.0 Å². The average Bonchev–Trinajstić information content (AvgIpc) is 2.94. The lowest BCUT2D eigenvalue weighted by Crippen LogP contribution is -2.41. The predicted octanol–water partition coefficient (Wildman–Crippen LogP) is 1.86. The van der Waals surface area contributed by atoms with Crippen molar-refractivity contribution in [1.82, 2.24) is 4.90 Å². The topological polar surface area (TPSA) is 66.8 Å². The van der Waals surface area contributed by atoms with Gasteiger partial charge >= 0.3 is 5.97 Å². The minimum atomic E-state index is -0.915. The monoisotopic (exact) mass is 295 g/mol. The second-order valence-electron chi connectivity index (χ2n) is 4.55. The number of nitrogens with zero attached hydrogens (tertiary/aromatic N) is 1. The maximum absolute atomic E-state index is 12.1. The number of hydrogen-bond acceptors (Lipinski definition) is 4. The molecule has 0 aliphatic carbocycles. The molecule has 2 rings (SSSR count). The van der Waals surface area contributed by atoms with Crippen molar-refractivity contribution >= 4 is 23.6 Å². The quantitative estimate of drug-likeness (QED) is 0.840. The van der Waals surface area contributed by atoms with Crippen LogP contribution in [0.1, 0.15) is 12.8 Å². The first-order valence-electron chi connectivity index (χ1n) is 6.41. The number of carbonyl (C=O) groups is 2. The summed E-state index contributed by atoms with van der Waals surface area (Å²) in [5.41, 5.74) is 0. The number of thioether (sulfide) groups is 1. The van der Waals surface area contributed by atoms with Gasteiger partial charge in [0.15, 0.2) is 0 Å². The third-order valence-electron chi connectivity index (χ3n) is 3.26. The van der Waals surface area contributed by atoms with Crippen LogP contribution < -0.4 is 4.74 Å². The van der Waals surface area contributed by atoms with Crippen LogP contribution >= 0.6 is 11.8 Å². The first-order valence-corrected chi connectivity index (χ1v) is 7.39. The van der Waals surface area contributed by atoms with Crippen molar-refractivity contribution in [2.24, 2.45) is 0 Å². The molecule has 0 radical (unpaired) electrons. The number of aliphatic carboxylic acids is 1. The summed E-state index contributed by atoms with van der Waals surface area (Å²) in [6.07, 6.45) is 1.30. The van der Waals surface area contributed by atoms with Gasteiger partial charge in [0.2, 0.25) is 5.91 Å². The normalized spacial score (nSPS) is 18.1. The number of hydrogen-bond donors (Lipinski definition) is 1. The molecule has 1 aliphatic heterocycles. The molecule has 0 bridgehead atoms. The minimum Gasteiger partial charge on any atom is -0.497 e. The van der Waals surface area contributed by atoms with Gasteiger partial charge in [-0.05, 0) is 31.0 Å². The molecule has 1 amide bonds. The van der Waals surface area contributed by atoms with Crippen molar-refractivity contribution < 1.29 is 19.4 Å². The molecular weight excluding hydrogens is 278 g/mol. The Hall–Kier alpha value is -1.69. The van der Waals surface area contributed by atoms with Crippen LogP contribution in [0.5, 0.6) is 5.75 Å². The summed E-state index contributed by atoms with van der Waals surface area (Å²) in [7, 11) is 1.59. The molecule has 1 fully saturated rings. The van der Waals surface area contributed by atoms with E-state index in [2.05, 4.69) is 0 Å². The number of benzene rings is 1. The van der Waals surface area contributed by atoms with Crippen LogP contribution in [-0.4, -0.2) is 47.3 Å². The van der Waals surface area contributed by atoms with Crippen molar-refractivity contribution in [3.05, 3.63) is 24.3 Å². The van der Waals surface area contributed by atoms with Crippen LogP contribution in [0.2, 0.25) is 0 Å². The maximum atomic E-state index is 12.1. The Morgan fingerprint density at radius 1 is 1.50 bits per heavy atom. The molecule has 108 valence electrons. The molecule has 1 aliphatic rings. The Morgan fingerprint density at radius 2 is 2.30 bits per heavy atom. The van der Waals surface area contributed by atoms with Crippen molar-refractivity contribution in [3.63, 3.8) is 0 Å². The number of amides is 1. The number of rotatable bonds is 5. The zero-order chi connectivity index (χ0) is 14.5. The Kier molecular flexibility index (Phi) is 4.89. The van der Waals surface area contributed by atoms with Gasteiger partial charge in [-0.3, -0.25) is 4.79 Å². The van der Waals surface area contributed by atoms with E-state index in [9.17, 15) is 9.59 Å². The zero-order valence-electron chi connectivity index (χ0n) is 11.2. The average molecular weight is 295 g/mol. The minimum absolute atomic E-state index is 0.122. The van der Waals surface area contributed by atoms with Crippen molar-refractivity contribution in [3.8, 4) is 5.75 Å². The summed E-state index contributed by atoms with van der Waals surface area (Å²) < 4.78 is 5.12. The molecule has 20 heavy (non-hydrogen) atoms. The summed E-state index contributed by atoms with van der Waals surface area (Å²) in [5.74, 6) is -0.0475. The van der Waals surface area contributed by atoms with E-state index in [1.54, 1.807) is 7.11 Å². The number of ether oxygens (including phenoxy) is 1. The van der Waals surface area contributed by atoms with Crippen LogP contribution in [0.3, 0.4) is 0 Å². The van der Waals surface area contributed by atoms with Crippen molar-refractivity contribution in [2.75, 3.05) is 19.4 Å². The second-order valence-corrected chi connectivity index (χ2v) is 5.60. The van der Waals surface area contributed by atoms with Crippen LogP contribution in [0, 0.1) is 0 Å². The molecule has 1 atom stereocenters. The Bertz CT molecular complexity index is 506. The summed E-state index contributed by atoms with van der Waals surface area (Å²) >= 11 is 1.39.